The number of carboxylic acid groups (broad SMARTS) is 1. The van der Waals surface area contributed by atoms with Crippen LogP contribution in [-0.4, -0.2) is 215 Å². The number of allylic oxidation sites excluding steroid dienone is 4. The third kappa shape index (κ3) is 34.0. The summed E-state index contributed by atoms with van der Waals surface area (Å²) in [6, 6.07) is -2.54. The van der Waals surface area contributed by atoms with Crippen LogP contribution in [0.1, 0.15) is 278 Å². The van der Waals surface area contributed by atoms with Crippen LogP contribution in [0.15, 0.2) is 24.3 Å². The Kier molecular flexibility index (Phi) is 47.5. The zero-order chi connectivity index (χ0) is 69.6. The van der Waals surface area contributed by atoms with Gasteiger partial charge in [0.1, 0.15) is 67.1 Å². The van der Waals surface area contributed by atoms with E-state index in [9.17, 15) is 75.7 Å². The van der Waals surface area contributed by atoms with Gasteiger partial charge in [-0.15, -0.1) is 0 Å². The molecular weight excluding hydrogens is 1230 g/mol. The number of ether oxygens (including phenoxy) is 6. The number of nitrogens with one attached hydrogen (secondary N) is 2. The molecule has 0 aromatic carbocycles. The molecule has 0 saturated carbocycles. The first kappa shape index (κ1) is 86.4. The van der Waals surface area contributed by atoms with Crippen LogP contribution in [0.3, 0.4) is 0 Å². The molecule has 18 unspecified atom stereocenters. The number of hydrogen-bond acceptors (Lipinski definition) is 20. The lowest BCUT2D eigenvalue weighted by atomic mass is 9.88. The van der Waals surface area contributed by atoms with Gasteiger partial charge >= 0.3 is 5.97 Å². The van der Waals surface area contributed by atoms with Gasteiger partial charge in [-0.05, 0) is 44.9 Å². The fourth-order valence-corrected chi connectivity index (χ4v) is 13.0. The van der Waals surface area contributed by atoms with E-state index in [4.69, 9.17) is 28.4 Å². The third-order valence-corrected chi connectivity index (χ3v) is 18.9. The maximum absolute atomic E-state index is 13.5. The maximum Gasteiger partial charge on any atom is 0.364 e. The molecule has 3 aliphatic rings. The number of amides is 2. The summed E-state index contributed by atoms with van der Waals surface area (Å²) in [6.07, 6.45) is 24.5. The fourth-order valence-electron chi connectivity index (χ4n) is 13.0. The van der Waals surface area contributed by atoms with E-state index in [2.05, 4.69) is 48.8 Å². The molecule has 0 aromatic rings. The van der Waals surface area contributed by atoms with Crippen LogP contribution >= 0.6 is 0 Å². The smallest absolute Gasteiger partial charge is 0.364 e. The number of carbonyl (C=O) groups is 3. The number of aliphatic hydroxyl groups is 11. The Bertz CT molecular complexity index is 2010. The molecular formula is C72H132N2O21. The molecule has 0 aliphatic carbocycles. The average Bonchev–Trinajstić information content (AvgIpc) is 0.757. The van der Waals surface area contributed by atoms with Crippen molar-refractivity contribution in [1.82, 2.24) is 10.6 Å². The zero-order valence-electron chi connectivity index (χ0n) is 58.3. The van der Waals surface area contributed by atoms with Crippen molar-refractivity contribution in [2.24, 2.45) is 0 Å². The Morgan fingerprint density at radius 2 is 1.01 bits per heavy atom. The van der Waals surface area contributed by atoms with Crippen molar-refractivity contribution < 1.29 is 104 Å². The molecule has 95 heavy (non-hydrogen) atoms. The normalized spacial score (nSPS) is 27.8. The number of carboxylic acids is 1. The Hall–Kier alpha value is -2.79. The molecule has 556 valence electrons. The second kappa shape index (κ2) is 52.2. The predicted octanol–water partition coefficient (Wildman–Crippen LogP) is 8.01. The van der Waals surface area contributed by atoms with E-state index in [0.29, 0.717) is 19.3 Å². The average molecular weight is 1360 g/mol. The van der Waals surface area contributed by atoms with Gasteiger partial charge in [0.25, 0.3) is 5.79 Å². The monoisotopic (exact) mass is 1360 g/mol. The van der Waals surface area contributed by atoms with Gasteiger partial charge in [0.2, 0.25) is 11.8 Å². The summed E-state index contributed by atoms with van der Waals surface area (Å²) >= 11 is 0. The lowest BCUT2D eigenvalue weighted by Crippen LogP contribution is -2.70. The minimum atomic E-state index is -3.08. The second-order valence-corrected chi connectivity index (χ2v) is 27.2. The first-order valence-electron chi connectivity index (χ1n) is 37.2. The van der Waals surface area contributed by atoms with Crippen molar-refractivity contribution in [3.63, 3.8) is 0 Å². The highest BCUT2D eigenvalue weighted by Crippen LogP contribution is 2.39. The number of hydrogen-bond donors (Lipinski definition) is 14. The van der Waals surface area contributed by atoms with E-state index in [1.807, 2.05) is 0 Å². The van der Waals surface area contributed by atoms with Crippen LogP contribution in [0.2, 0.25) is 0 Å². The lowest BCUT2D eigenvalue weighted by molar-refractivity contribution is -0.386. The minimum absolute atomic E-state index is 0.215. The van der Waals surface area contributed by atoms with E-state index in [0.717, 1.165) is 90.4 Å². The Labute approximate surface area is 568 Å². The van der Waals surface area contributed by atoms with Crippen LogP contribution in [0.5, 0.6) is 0 Å². The molecule has 3 saturated heterocycles. The summed E-state index contributed by atoms with van der Waals surface area (Å²) in [6.45, 7) is 2.22. The number of aliphatic carboxylic acids is 1. The maximum atomic E-state index is 13.5. The molecule has 2 amide bonds. The molecule has 3 fully saturated rings. The van der Waals surface area contributed by atoms with Crippen molar-refractivity contribution in [2.75, 3.05) is 26.4 Å². The van der Waals surface area contributed by atoms with E-state index in [-0.39, 0.29) is 18.9 Å². The Balaban J connectivity index is 1.56. The molecule has 23 nitrogen and oxygen atoms in total. The molecule has 0 aromatic heterocycles. The van der Waals surface area contributed by atoms with Gasteiger partial charge in [-0.25, -0.2) is 4.79 Å². The van der Waals surface area contributed by atoms with Crippen molar-refractivity contribution in [3.8, 4) is 0 Å². The van der Waals surface area contributed by atoms with Gasteiger partial charge in [-0.2, -0.15) is 0 Å². The van der Waals surface area contributed by atoms with Crippen molar-refractivity contribution >= 4 is 17.8 Å². The van der Waals surface area contributed by atoms with E-state index in [1.54, 1.807) is 0 Å². The Morgan fingerprint density at radius 1 is 0.547 bits per heavy atom. The van der Waals surface area contributed by atoms with Crippen molar-refractivity contribution in [2.45, 2.75) is 387 Å². The van der Waals surface area contributed by atoms with E-state index >= 15 is 0 Å². The van der Waals surface area contributed by atoms with Gasteiger partial charge in [-0.1, -0.05) is 237 Å². The zero-order valence-corrected chi connectivity index (χ0v) is 58.3. The third-order valence-electron chi connectivity index (χ3n) is 18.9. The lowest BCUT2D eigenvalue weighted by Gasteiger charge is -2.50. The molecule has 14 N–H and O–H groups in total. The van der Waals surface area contributed by atoms with Crippen LogP contribution < -0.4 is 10.6 Å². The molecule has 23 heteroatoms. The summed E-state index contributed by atoms with van der Waals surface area (Å²) in [5.74, 6) is -6.11. The Morgan fingerprint density at radius 3 is 1.47 bits per heavy atom. The van der Waals surface area contributed by atoms with Gasteiger partial charge in [0.15, 0.2) is 12.6 Å². The topological polar surface area (TPSA) is 373 Å². The molecule has 3 aliphatic heterocycles. The highest BCUT2D eigenvalue weighted by molar-refractivity contribution is 5.77. The van der Waals surface area contributed by atoms with Crippen LogP contribution in [-0.2, 0) is 42.8 Å². The van der Waals surface area contributed by atoms with E-state index < -0.39 is 148 Å². The number of aliphatic hydroxyl groups excluding tert-OH is 11. The van der Waals surface area contributed by atoms with Gasteiger partial charge in [0.05, 0.1) is 50.7 Å². The molecule has 3 rings (SSSR count). The summed E-state index contributed by atoms with van der Waals surface area (Å²) in [7, 11) is 0. The molecule has 3 heterocycles. The number of rotatable bonds is 57. The van der Waals surface area contributed by atoms with Crippen LogP contribution in [0.4, 0.5) is 0 Å². The summed E-state index contributed by atoms with van der Waals surface area (Å²) in [5, 5.41) is 136. The fraction of sp³-hybridized carbons (Fsp3) is 0.903. The van der Waals surface area contributed by atoms with Gasteiger partial charge < -0.3 is 100 Å². The van der Waals surface area contributed by atoms with Crippen molar-refractivity contribution in [1.29, 1.82) is 0 Å². The number of carbonyl (C=O) groups excluding carboxylic acids is 2. The van der Waals surface area contributed by atoms with Crippen molar-refractivity contribution in [3.05, 3.63) is 24.3 Å². The molecule has 0 radical (unpaired) electrons. The molecule has 0 bridgehead atoms. The van der Waals surface area contributed by atoms with Gasteiger partial charge in [0, 0.05) is 19.8 Å². The first-order chi connectivity index (χ1) is 45.9. The number of unbranched alkanes of at least 4 members (excludes halogenated alkanes) is 33. The quantitative estimate of drug-likeness (QED) is 0.0202. The van der Waals surface area contributed by atoms with E-state index in [1.165, 1.54) is 141 Å². The molecule has 0 spiro atoms. The first-order valence-corrected chi connectivity index (χ1v) is 37.2. The standard InChI is InChI=1S/C72H132N2O21/c1-4-6-8-10-12-14-16-18-20-22-24-25-26-27-28-30-32-34-36-38-40-42-44-46-59(82)74-53(54(79)45-43-41-39-37-35-33-31-29-23-21-19-17-15-13-11-9-7-5-2)51-90-69-64(86)63(85)66(58(50-77)92-69)93-70-65(87)68(62(84)57(49-76)91-70)95-72(71(88)89)47-55(80)60(73-52(3)78)67(94-72)61(83)56(81)48-75/h24-25,27-28,53-58,60-70,75-77,79-81,83-87H,4-23,26,29-51H2,1-3H3,(H,73,78)(H,74,82)(H,88,89)/b25-24-,28-27-. The van der Waals surface area contributed by atoms with Crippen LogP contribution in [0.25, 0.3) is 0 Å². The highest BCUT2D eigenvalue weighted by Gasteiger charge is 2.60. The highest BCUT2D eigenvalue weighted by atomic mass is 16.8. The predicted molar refractivity (Wildman–Crippen MR) is 361 cm³/mol. The van der Waals surface area contributed by atoms with Crippen LogP contribution in [0, 0.1) is 0 Å². The largest absolute Gasteiger partial charge is 0.477 e. The minimum Gasteiger partial charge on any atom is -0.477 e. The summed E-state index contributed by atoms with van der Waals surface area (Å²) < 4.78 is 34.9. The second-order valence-electron chi connectivity index (χ2n) is 27.2. The SMILES string of the molecule is CCCCCCCCCCC/C=C\C/C=C\CCCCCCCCCC(=O)NC(COC1OC(CO)C(OC2OC(CO)C(O)C(OC3(C(=O)O)CC(O)C(NC(C)=O)C(C(O)C(O)CO)O3)C2O)C(O)C1O)C(O)CCCCCCCCCCCCCCCCCCCC. The molecule has 18 atom stereocenters. The summed E-state index contributed by atoms with van der Waals surface area (Å²) in [4.78, 5) is 38.6. The summed E-state index contributed by atoms with van der Waals surface area (Å²) in [5.41, 5.74) is 0. The van der Waals surface area contributed by atoms with Gasteiger partial charge in [-0.3, -0.25) is 9.59 Å².